The number of likely N-dealkylation sites (tertiary alicyclic amines) is 1. The van der Waals surface area contributed by atoms with Crippen molar-refractivity contribution in [3.63, 3.8) is 0 Å². The lowest BCUT2D eigenvalue weighted by Gasteiger charge is -2.37. The van der Waals surface area contributed by atoms with Crippen molar-refractivity contribution in [2.24, 2.45) is 34.6 Å². The second-order valence-corrected chi connectivity index (χ2v) is 5.77. The fourth-order valence-corrected chi connectivity index (χ4v) is 2.48. The topological polar surface area (TPSA) is 78.9 Å². The van der Waals surface area contributed by atoms with E-state index in [1.54, 1.807) is 0 Å². The second-order valence-electron chi connectivity index (χ2n) is 5.77. The summed E-state index contributed by atoms with van der Waals surface area (Å²) >= 11 is 0. The molecule has 0 radical (unpaired) electrons. The summed E-state index contributed by atoms with van der Waals surface area (Å²) in [4.78, 5) is 14.3. The van der Waals surface area contributed by atoms with Gasteiger partial charge in [0.05, 0.1) is 0 Å². The Kier molecular flexibility index (Phi) is 4.99. The summed E-state index contributed by atoms with van der Waals surface area (Å²) in [7, 11) is 0. The van der Waals surface area contributed by atoms with E-state index in [2.05, 4.69) is 19.0 Å². The molecule has 0 bridgehead atoms. The number of hydrogen-bond donors (Lipinski definition) is 2. The van der Waals surface area contributed by atoms with Crippen LogP contribution in [0.2, 0.25) is 0 Å². The Balaban J connectivity index is 2.78. The fraction of sp³-hybridized carbons (Fsp3) is 0.846. The van der Waals surface area contributed by atoms with E-state index in [4.69, 9.17) is 10.9 Å². The predicted octanol–water partition coefficient (Wildman–Crippen LogP) is 1.51. The van der Waals surface area contributed by atoms with Crippen LogP contribution in [0.15, 0.2) is 5.16 Å². The minimum atomic E-state index is -0.518. The first-order valence-corrected chi connectivity index (χ1v) is 6.64. The molecule has 18 heavy (non-hydrogen) atoms. The van der Waals surface area contributed by atoms with Crippen LogP contribution in [0.25, 0.3) is 0 Å². The van der Waals surface area contributed by atoms with Gasteiger partial charge in [0.1, 0.15) is 5.92 Å². The molecule has 0 saturated carbocycles. The fourth-order valence-electron chi connectivity index (χ4n) is 2.48. The Morgan fingerprint density at radius 3 is 2.44 bits per heavy atom. The Bertz CT molecular complexity index is 328. The van der Waals surface area contributed by atoms with Gasteiger partial charge in [-0.05, 0) is 24.2 Å². The number of nitrogens with zero attached hydrogens (tertiary/aromatic N) is 2. The normalized spacial score (nSPS) is 27.4. The average Bonchev–Trinajstić information content (AvgIpc) is 2.32. The highest BCUT2D eigenvalue weighted by atomic mass is 16.4. The summed E-state index contributed by atoms with van der Waals surface area (Å²) in [6, 6.07) is 0. The van der Waals surface area contributed by atoms with Crippen molar-refractivity contribution < 1.29 is 10.0 Å². The maximum atomic E-state index is 12.4. The third-order valence-electron chi connectivity index (χ3n) is 4.01. The molecule has 0 aromatic carbocycles. The molecule has 1 aliphatic heterocycles. The lowest BCUT2D eigenvalue weighted by atomic mass is 9.86. The van der Waals surface area contributed by atoms with Gasteiger partial charge in [-0.2, -0.15) is 0 Å². The van der Waals surface area contributed by atoms with Gasteiger partial charge in [-0.25, -0.2) is 0 Å². The first-order chi connectivity index (χ1) is 8.38. The van der Waals surface area contributed by atoms with Crippen LogP contribution in [-0.4, -0.2) is 34.9 Å². The van der Waals surface area contributed by atoms with Crippen LogP contribution in [0.3, 0.4) is 0 Å². The molecule has 0 spiro atoms. The summed E-state index contributed by atoms with van der Waals surface area (Å²) in [6.45, 7) is 9.75. The van der Waals surface area contributed by atoms with Crippen molar-refractivity contribution >= 4 is 11.7 Å². The SMILES string of the molecule is CC(C)C(C(=O)N1CCC(C)C(C)C1)C(N)=NO. The zero-order valence-electron chi connectivity index (χ0n) is 11.8. The molecule has 5 nitrogen and oxygen atoms in total. The van der Waals surface area contributed by atoms with Crippen LogP contribution >= 0.6 is 0 Å². The number of hydrogen-bond acceptors (Lipinski definition) is 3. The van der Waals surface area contributed by atoms with Gasteiger partial charge >= 0.3 is 0 Å². The Morgan fingerprint density at radius 2 is 2.00 bits per heavy atom. The van der Waals surface area contributed by atoms with Crippen LogP contribution in [0.1, 0.15) is 34.1 Å². The van der Waals surface area contributed by atoms with Gasteiger partial charge in [-0.3, -0.25) is 4.79 Å². The molecule has 3 atom stereocenters. The van der Waals surface area contributed by atoms with E-state index in [9.17, 15) is 4.79 Å². The van der Waals surface area contributed by atoms with Gasteiger partial charge < -0.3 is 15.8 Å². The quantitative estimate of drug-likeness (QED) is 0.347. The molecule has 3 N–H and O–H groups in total. The summed E-state index contributed by atoms with van der Waals surface area (Å²) in [5.74, 6) is 0.664. The number of rotatable bonds is 3. The monoisotopic (exact) mass is 255 g/mol. The van der Waals surface area contributed by atoms with Crippen molar-refractivity contribution in [2.45, 2.75) is 34.1 Å². The standard InChI is InChI=1S/C13H25N3O2/c1-8(2)11(12(14)15-18)13(17)16-6-5-9(3)10(4)7-16/h8-11,18H,5-7H2,1-4H3,(H2,14,15). The maximum Gasteiger partial charge on any atom is 0.233 e. The van der Waals surface area contributed by atoms with Crippen molar-refractivity contribution in [1.29, 1.82) is 0 Å². The number of carbonyl (C=O) groups is 1. The van der Waals surface area contributed by atoms with Gasteiger partial charge in [0.2, 0.25) is 5.91 Å². The summed E-state index contributed by atoms with van der Waals surface area (Å²) < 4.78 is 0. The zero-order valence-corrected chi connectivity index (χ0v) is 11.8. The van der Waals surface area contributed by atoms with Crippen molar-refractivity contribution in [3.05, 3.63) is 0 Å². The third-order valence-corrected chi connectivity index (χ3v) is 4.01. The average molecular weight is 255 g/mol. The first-order valence-electron chi connectivity index (χ1n) is 6.64. The minimum Gasteiger partial charge on any atom is -0.409 e. The Hall–Kier alpha value is -1.26. The molecule has 1 fully saturated rings. The van der Waals surface area contributed by atoms with E-state index in [0.717, 1.165) is 19.5 Å². The Labute approximate surface area is 109 Å². The molecule has 1 rings (SSSR count). The third kappa shape index (κ3) is 3.15. The van der Waals surface area contributed by atoms with E-state index in [0.29, 0.717) is 11.8 Å². The molecule has 1 heterocycles. The minimum absolute atomic E-state index is 0.0148. The van der Waals surface area contributed by atoms with Gasteiger partial charge in [0.25, 0.3) is 0 Å². The number of amides is 1. The highest BCUT2D eigenvalue weighted by molar-refractivity contribution is 6.02. The molecule has 3 unspecified atom stereocenters. The summed E-state index contributed by atoms with van der Waals surface area (Å²) in [6.07, 6.45) is 1.02. The number of carbonyl (C=O) groups excluding carboxylic acids is 1. The highest BCUT2D eigenvalue weighted by Crippen LogP contribution is 2.25. The van der Waals surface area contributed by atoms with Gasteiger partial charge in [0.15, 0.2) is 5.84 Å². The summed E-state index contributed by atoms with van der Waals surface area (Å²) in [5, 5.41) is 11.8. The number of piperidine rings is 1. The molecule has 5 heteroatoms. The van der Waals surface area contributed by atoms with E-state index >= 15 is 0 Å². The molecule has 1 aliphatic rings. The van der Waals surface area contributed by atoms with Crippen LogP contribution in [-0.2, 0) is 4.79 Å². The molecule has 104 valence electrons. The van der Waals surface area contributed by atoms with E-state index < -0.39 is 5.92 Å². The lowest BCUT2D eigenvalue weighted by molar-refractivity contribution is -0.136. The van der Waals surface area contributed by atoms with E-state index in [1.807, 2.05) is 18.7 Å². The molecule has 0 aromatic rings. The highest BCUT2D eigenvalue weighted by Gasteiger charge is 2.34. The smallest absolute Gasteiger partial charge is 0.233 e. The van der Waals surface area contributed by atoms with Crippen molar-refractivity contribution in [3.8, 4) is 0 Å². The second kappa shape index (κ2) is 6.07. The lowest BCUT2D eigenvalue weighted by Crippen LogP contribution is -2.49. The van der Waals surface area contributed by atoms with Gasteiger partial charge in [-0.15, -0.1) is 0 Å². The number of amidine groups is 1. The predicted molar refractivity (Wildman–Crippen MR) is 71.3 cm³/mol. The summed E-state index contributed by atoms with van der Waals surface area (Å²) in [5.41, 5.74) is 5.64. The van der Waals surface area contributed by atoms with Gasteiger partial charge in [-0.1, -0.05) is 32.9 Å². The Morgan fingerprint density at radius 1 is 1.39 bits per heavy atom. The molecule has 0 aromatic heterocycles. The molecule has 1 saturated heterocycles. The molecule has 1 amide bonds. The molecular formula is C13H25N3O2. The first kappa shape index (κ1) is 14.8. The van der Waals surface area contributed by atoms with E-state index in [1.165, 1.54) is 0 Å². The molecular weight excluding hydrogens is 230 g/mol. The van der Waals surface area contributed by atoms with Crippen LogP contribution in [0.4, 0.5) is 0 Å². The number of oxime groups is 1. The largest absolute Gasteiger partial charge is 0.409 e. The van der Waals surface area contributed by atoms with Gasteiger partial charge in [0, 0.05) is 13.1 Å². The maximum absolute atomic E-state index is 12.4. The van der Waals surface area contributed by atoms with Crippen molar-refractivity contribution in [1.82, 2.24) is 4.90 Å². The van der Waals surface area contributed by atoms with E-state index in [-0.39, 0.29) is 17.7 Å². The van der Waals surface area contributed by atoms with Crippen LogP contribution < -0.4 is 5.73 Å². The van der Waals surface area contributed by atoms with Crippen LogP contribution in [0, 0.1) is 23.7 Å². The van der Waals surface area contributed by atoms with Crippen molar-refractivity contribution in [2.75, 3.05) is 13.1 Å². The molecule has 0 aliphatic carbocycles. The number of nitrogens with two attached hydrogens (primary N) is 1. The zero-order chi connectivity index (χ0) is 13.9. The van der Waals surface area contributed by atoms with Crippen LogP contribution in [0.5, 0.6) is 0 Å².